The van der Waals surface area contributed by atoms with Gasteiger partial charge in [0.1, 0.15) is 23.9 Å². The van der Waals surface area contributed by atoms with Gasteiger partial charge in [-0.05, 0) is 44.5 Å². The molecule has 0 fully saturated rings. The number of nitrogens with zero attached hydrogens (tertiary/aromatic N) is 2. The highest BCUT2D eigenvalue weighted by molar-refractivity contribution is 5.95. The predicted molar refractivity (Wildman–Crippen MR) is 107 cm³/mol. The van der Waals surface area contributed by atoms with E-state index < -0.39 is 17.2 Å². The molecule has 1 aromatic carbocycles. The summed E-state index contributed by atoms with van der Waals surface area (Å²) in [6, 6.07) is 6.86. The zero-order valence-corrected chi connectivity index (χ0v) is 16.8. The van der Waals surface area contributed by atoms with Crippen molar-refractivity contribution in [1.82, 2.24) is 14.7 Å². The second-order valence-corrected chi connectivity index (χ2v) is 7.41. The molecule has 1 unspecified atom stereocenters. The summed E-state index contributed by atoms with van der Waals surface area (Å²) in [4.78, 5) is 17.1. The molecule has 4 N–H and O–H groups in total. The van der Waals surface area contributed by atoms with Crippen molar-refractivity contribution < 1.29 is 23.4 Å². The lowest BCUT2D eigenvalue weighted by molar-refractivity contribution is 0.0934. The van der Waals surface area contributed by atoms with Crippen LogP contribution < -0.4 is 15.8 Å². The van der Waals surface area contributed by atoms with Crippen LogP contribution in [0.3, 0.4) is 0 Å². The normalized spacial score (nSPS) is 13.3. The number of fused-ring (bicyclic) bond motifs is 1. The first-order valence-corrected chi connectivity index (χ1v) is 9.45. The van der Waals surface area contributed by atoms with Gasteiger partial charge in [0.05, 0.1) is 11.3 Å². The Morgan fingerprint density at radius 1 is 1.30 bits per heavy atom. The van der Waals surface area contributed by atoms with Crippen molar-refractivity contribution in [2.45, 2.75) is 32.4 Å². The Hall–Kier alpha value is -3.04. The molecule has 0 radical (unpaired) electrons. The maximum absolute atomic E-state index is 13.9. The topological polar surface area (TPSA) is 102 Å². The number of amides is 1. The molecule has 3 rings (SSSR count). The molecule has 0 aliphatic heterocycles. The maximum Gasteiger partial charge on any atom is 0.270 e. The van der Waals surface area contributed by atoms with Crippen LogP contribution in [-0.4, -0.2) is 39.1 Å². The lowest BCUT2D eigenvalue weighted by Gasteiger charge is -2.23. The minimum absolute atomic E-state index is 0.0825. The van der Waals surface area contributed by atoms with Gasteiger partial charge in [-0.25, -0.2) is 13.8 Å². The molecule has 2 heterocycles. The van der Waals surface area contributed by atoms with E-state index in [1.54, 1.807) is 36.6 Å². The third-order valence-corrected chi connectivity index (χ3v) is 4.77. The van der Waals surface area contributed by atoms with Crippen molar-refractivity contribution in [3.63, 3.8) is 0 Å². The zero-order valence-electron chi connectivity index (χ0n) is 16.8. The number of carbonyl (C=O) groups excluding carboxylic acids is 1. The van der Waals surface area contributed by atoms with Gasteiger partial charge in [-0.15, -0.1) is 0 Å². The highest BCUT2D eigenvalue weighted by Crippen LogP contribution is 2.24. The highest BCUT2D eigenvalue weighted by Gasteiger charge is 2.23. The summed E-state index contributed by atoms with van der Waals surface area (Å²) in [5, 5.41) is 11.8. The molecule has 9 heteroatoms. The number of nitrogens with two attached hydrogens (primary N) is 1. The average Bonchev–Trinajstić information content (AvgIpc) is 3.02. The number of hydrogen-bond donors (Lipinski definition) is 3. The van der Waals surface area contributed by atoms with Crippen molar-refractivity contribution in [3.8, 4) is 5.75 Å². The quantitative estimate of drug-likeness (QED) is 0.521. The Labute approximate surface area is 172 Å². The number of benzene rings is 1. The first-order valence-electron chi connectivity index (χ1n) is 9.45. The Morgan fingerprint density at radius 3 is 2.67 bits per heavy atom. The van der Waals surface area contributed by atoms with Gasteiger partial charge in [0.2, 0.25) is 0 Å². The molecule has 2 aromatic heterocycles. The number of aryl methyl sites for hydroxylation is 1. The van der Waals surface area contributed by atoms with Crippen LogP contribution in [0.1, 0.15) is 35.1 Å². The van der Waals surface area contributed by atoms with Gasteiger partial charge in [0.15, 0.2) is 11.4 Å². The lowest BCUT2D eigenvalue weighted by atomic mass is 10.00. The van der Waals surface area contributed by atoms with Crippen LogP contribution in [0, 0.1) is 18.6 Å². The Balaban J connectivity index is 1.84. The molecule has 160 valence electrons. The van der Waals surface area contributed by atoms with Crippen LogP contribution in [0.2, 0.25) is 0 Å². The van der Waals surface area contributed by atoms with Gasteiger partial charge in [-0.2, -0.15) is 0 Å². The number of pyridine rings is 1. The standard InChI is InChI=1S/C21H24F2N4O3/c1-13-18(20(29)25-12-21(2,24)8-10-28)27-9-4-7-17(19(27)26-13)30-11-14-15(22)5-3-6-16(14)23/h3-7,9,28H,8,10-12,24H2,1-2H3,(H,25,29). The fourth-order valence-electron chi connectivity index (χ4n) is 3.07. The van der Waals surface area contributed by atoms with Crippen LogP contribution in [0.25, 0.3) is 5.65 Å². The smallest absolute Gasteiger partial charge is 0.270 e. The number of aliphatic hydroxyl groups excluding tert-OH is 1. The molecule has 0 saturated heterocycles. The Bertz CT molecular complexity index is 1050. The minimum Gasteiger partial charge on any atom is -0.485 e. The molecule has 0 aliphatic rings. The summed E-state index contributed by atoms with van der Waals surface area (Å²) >= 11 is 0. The van der Waals surface area contributed by atoms with E-state index in [9.17, 15) is 13.6 Å². The monoisotopic (exact) mass is 418 g/mol. The fourth-order valence-corrected chi connectivity index (χ4v) is 3.07. The largest absolute Gasteiger partial charge is 0.485 e. The molecule has 1 amide bonds. The molecular weight excluding hydrogens is 394 g/mol. The second kappa shape index (κ2) is 8.76. The highest BCUT2D eigenvalue weighted by atomic mass is 19.1. The number of halogens is 2. The number of aliphatic hydroxyl groups is 1. The van der Waals surface area contributed by atoms with Crippen LogP contribution in [0.15, 0.2) is 36.5 Å². The van der Waals surface area contributed by atoms with E-state index in [-0.39, 0.29) is 37.0 Å². The third-order valence-electron chi connectivity index (χ3n) is 4.77. The molecule has 30 heavy (non-hydrogen) atoms. The first kappa shape index (κ1) is 21.7. The minimum atomic E-state index is -0.753. The summed E-state index contributed by atoms with van der Waals surface area (Å²) in [5.41, 5.74) is 6.21. The van der Waals surface area contributed by atoms with E-state index in [1.165, 1.54) is 6.07 Å². The first-order chi connectivity index (χ1) is 14.2. The molecule has 0 aliphatic carbocycles. The van der Waals surface area contributed by atoms with E-state index in [0.29, 0.717) is 23.5 Å². The summed E-state index contributed by atoms with van der Waals surface area (Å²) in [6.07, 6.45) is 1.99. The summed E-state index contributed by atoms with van der Waals surface area (Å²) in [7, 11) is 0. The van der Waals surface area contributed by atoms with Crippen LogP contribution in [0.5, 0.6) is 5.75 Å². The van der Waals surface area contributed by atoms with Gasteiger partial charge >= 0.3 is 0 Å². The molecule has 1 atom stereocenters. The number of imidazole rings is 1. The molecule has 0 bridgehead atoms. The van der Waals surface area contributed by atoms with Crippen LogP contribution >= 0.6 is 0 Å². The number of aromatic nitrogens is 2. The Morgan fingerprint density at radius 2 is 2.00 bits per heavy atom. The van der Waals surface area contributed by atoms with Crippen molar-refractivity contribution in [2.75, 3.05) is 13.2 Å². The van der Waals surface area contributed by atoms with E-state index >= 15 is 0 Å². The number of hydrogen-bond acceptors (Lipinski definition) is 5. The number of ether oxygens (including phenoxy) is 1. The lowest BCUT2D eigenvalue weighted by Crippen LogP contribution is -2.48. The summed E-state index contributed by atoms with van der Waals surface area (Å²) in [6.45, 7) is 3.18. The maximum atomic E-state index is 13.9. The van der Waals surface area contributed by atoms with Crippen molar-refractivity contribution in [2.24, 2.45) is 5.73 Å². The van der Waals surface area contributed by atoms with E-state index in [1.807, 2.05) is 0 Å². The number of carbonyl (C=O) groups is 1. The fraction of sp³-hybridized carbons (Fsp3) is 0.333. The molecular formula is C21H24F2N4O3. The Kier molecular flexibility index (Phi) is 6.33. The third kappa shape index (κ3) is 4.58. The van der Waals surface area contributed by atoms with Gasteiger partial charge in [0, 0.05) is 24.9 Å². The van der Waals surface area contributed by atoms with Gasteiger partial charge in [-0.1, -0.05) is 6.07 Å². The van der Waals surface area contributed by atoms with Crippen LogP contribution in [-0.2, 0) is 6.61 Å². The molecule has 0 saturated carbocycles. The van der Waals surface area contributed by atoms with Crippen molar-refractivity contribution in [3.05, 3.63) is 65.1 Å². The van der Waals surface area contributed by atoms with E-state index in [4.69, 9.17) is 15.6 Å². The van der Waals surface area contributed by atoms with Crippen LogP contribution in [0.4, 0.5) is 8.78 Å². The SMILES string of the molecule is Cc1nc2c(OCc3c(F)cccc3F)cccn2c1C(=O)NCC(C)(N)CCO. The van der Waals surface area contributed by atoms with Crippen molar-refractivity contribution >= 4 is 11.6 Å². The molecule has 3 aromatic rings. The predicted octanol–water partition coefficient (Wildman–Crippen LogP) is 2.33. The van der Waals surface area contributed by atoms with Gasteiger partial charge in [0.25, 0.3) is 5.91 Å². The van der Waals surface area contributed by atoms with Gasteiger partial charge < -0.3 is 20.9 Å². The summed E-state index contributed by atoms with van der Waals surface area (Å²) < 4.78 is 34.9. The molecule has 7 nitrogen and oxygen atoms in total. The second-order valence-electron chi connectivity index (χ2n) is 7.41. The zero-order chi connectivity index (χ0) is 21.9. The number of nitrogens with one attached hydrogen (secondary N) is 1. The van der Waals surface area contributed by atoms with Gasteiger partial charge in [-0.3, -0.25) is 9.20 Å². The van der Waals surface area contributed by atoms with E-state index in [0.717, 1.165) is 12.1 Å². The summed E-state index contributed by atoms with van der Waals surface area (Å²) in [5.74, 6) is -1.50. The van der Waals surface area contributed by atoms with Crippen molar-refractivity contribution in [1.29, 1.82) is 0 Å². The average molecular weight is 418 g/mol. The van der Waals surface area contributed by atoms with E-state index in [2.05, 4.69) is 10.3 Å². The molecule has 0 spiro atoms. The number of rotatable bonds is 8.